The average molecular weight is 372 g/mol. The summed E-state index contributed by atoms with van der Waals surface area (Å²) in [5.74, 6) is -0.332. The van der Waals surface area contributed by atoms with Crippen molar-refractivity contribution in [2.45, 2.75) is 20.0 Å². The first-order valence-electron chi connectivity index (χ1n) is 8.41. The smallest absolute Gasteiger partial charge is 0.279 e. The third-order valence-electron chi connectivity index (χ3n) is 3.42. The Balaban J connectivity index is 1.78. The predicted octanol–water partition coefficient (Wildman–Crippen LogP) is 2.85. The van der Waals surface area contributed by atoms with E-state index in [1.165, 1.54) is 37.3 Å². The lowest BCUT2D eigenvalue weighted by atomic mass is 10.2. The lowest BCUT2D eigenvalue weighted by Crippen LogP contribution is -2.46. The maximum absolute atomic E-state index is 12.8. The second-order valence-electron chi connectivity index (χ2n) is 5.53. The Morgan fingerprint density at radius 2 is 1.67 bits per heavy atom. The Bertz CT molecular complexity index is 789. The largest absolute Gasteiger partial charge is 0.494 e. The number of hydrazine groups is 1. The summed E-state index contributed by atoms with van der Waals surface area (Å²) in [5, 5.41) is 0. The summed E-state index contributed by atoms with van der Waals surface area (Å²) >= 11 is 0. The molecule has 0 radical (unpaired) electrons. The van der Waals surface area contributed by atoms with E-state index in [9.17, 15) is 14.0 Å². The first-order valence-corrected chi connectivity index (χ1v) is 8.41. The minimum Gasteiger partial charge on any atom is -0.494 e. The quantitative estimate of drug-likeness (QED) is 0.579. The maximum Gasteiger partial charge on any atom is 0.279 e. The summed E-state index contributed by atoms with van der Waals surface area (Å²) in [5.41, 5.74) is 5.35. The van der Waals surface area contributed by atoms with Crippen molar-refractivity contribution in [2.75, 3.05) is 6.61 Å². The Morgan fingerprint density at radius 3 is 2.30 bits per heavy atom. The molecule has 0 saturated carbocycles. The average Bonchev–Trinajstić information content (AvgIpc) is 2.67. The first kappa shape index (κ1) is 20.0. The third kappa shape index (κ3) is 6.81. The molecule has 0 unspecified atom stereocenters. The number of nitrogens with one attached hydrogen (secondary N) is 2. The Kier molecular flexibility index (Phi) is 7.37. The van der Waals surface area contributed by atoms with E-state index in [0.717, 1.165) is 11.3 Å². The molecule has 142 valence electrons. The molecule has 2 aromatic rings. The molecule has 0 aromatic heterocycles. The molecule has 0 aliphatic carbocycles. The summed E-state index contributed by atoms with van der Waals surface area (Å²) in [4.78, 5) is 23.7. The van der Waals surface area contributed by atoms with Gasteiger partial charge in [-0.2, -0.15) is 0 Å². The highest BCUT2D eigenvalue weighted by molar-refractivity contribution is 5.93. The number of benzene rings is 2. The molecule has 2 rings (SSSR count). The molecule has 27 heavy (non-hydrogen) atoms. The number of carbonyl (C=O) groups is 2. The topological polar surface area (TPSA) is 76.7 Å². The Morgan fingerprint density at radius 1 is 1.04 bits per heavy atom. The molecule has 0 heterocycles. The second-order valence-corrected chi connectivity index (χ2v) is 5.53. The van der Waals surface area contributed by atoms with Crippen LogP contribution in [0.5, 0.6) is 11.5 Å². The van der Waals surface area contributed by atoms with E-state index < -0.39 is 23.7 Å². The number of rotatable bonds is 7. The molecule has 0 aliphatic rings. The van der Waals surface area contributed by atoms with Gasteiger partial charge in [0.1, 0.15) is 17.3 Å². The second kappa shape index (κ2) is 9.96. The molecule has 0 saturated heterocycles. The van der Waals surface area contributed by atoms with Crippen LogP contribution in [0.3, 0.4) is 0 Å². The van der Waals surface area contributed by atoms with Gasteiger partial charge in [-0.15, -0.1) is 0 Å². The highest BCUT2D eigenvalue weighted by Crippen LogP contribution is 2.13. The number of carbonyl (C=O) groups excluding carboxylic acids is 2. The van der Waals surface area contributed by atoms with Crippen molar-refractivity contribution in [3.05, 3.63) is 66.0 Å². The Hall–Kier alpha value is -3.35. The van der Waals surface area contributed by atoms with Gasteiger partial charge in [-0.05, 0) is 61.9 Å². The summed E-state index contributed by atoms with van der Waals surface area (Å²) in [6.45, 7) is 4.00. The number of halogens is 1. The summed E-state index contributed by atoms with van der Waals surface area (Å²) < 4.78 is 23.6. The fourth-order valence-electron chi connectivity index (χ4n) is 2.05. The van der Waals surface area contributed by atoms with Crippen molar-refractivity contribution in [2.24, 2.45) is 0 Å². The molecule has 2 amide bonds. The molecule has 6 nitrogen and oxygen atoms in total. The van der Waals surface area contributed by atoms with Crippen LogP contribution in [0.1, 0.15) is 19.4 Å². The molecule has 2 aromatic carbocycles. The van der Waals surface area contributed by atoms with E-state index in [-0.39, 0.29) is 0 Å². The van der Waals surface area contributed by atoms with E-state index in [2.05, 4.69) is 10.9 Å². The van der Waals surface area contributed by atoms with Crippen LogP contribution in [0.15, 0.2) is 54.6 Å². The summed E-state index contributed by atoms with van der Waals surface area (Å²) in [6, 6.07) is 12.5. The van der Waals surface area contributed by atoms with E-state index in [0.29, 0.717) is 12.4 Å². The molecule has 2 N–H and O–H groups in total. The standard InChI is InChI=1S/C20H21FN2O4/c1-3-26-17-9-4-15(5-10-17)6-13-19(24)22-23-20(25)14(2)27-18-11-7-16(21)8-12-18/h4-14H,3H2,1-2H3,(H,22,24)(H,23,25)/b13-6+/t14-/m0/s1. The van der Waals surface area contributed by atoms with Crippen LogP contribution >= 0.6 is 0 Å². The minimum absolute atomic E-state index is 0.348. The molecular weight excluding hydrogens is 351 g/mol. The zero-order valence-electron chi connectivity index (χ0n) is 15.1. The maximum atomic E-state index is 12.8. The van der Waals surface area contributed by atoms with Gasteiger partial charge in [0.05, 0.1) is 6.61 Å². The van der Waals surface area contributed by atoms with Crippen LogP contribution in [0.2, 0.25) is 0 Å². The molecule has 0 aliphatic heterocycles. The van der Waals surface area contributed by atoms with Crippen LogP contribution in [-0.4, -0.2) is 24.5 Å². The minimum atomic E-state index is -0.870. The lowest BCUT2D eigenvalue weighted by molar-refractivity contribution is -0.131. The first-order chi connectivity index (χ1) is 13.0. The van der Waals surface area contributed by atoms with Crippen LogP contribution < -0.4 is 20.3 Å². The van der Waals surface area contributed by atoms with Crippen LogP contribution in [-0.2, 0) is 9.59 Å². The van der Waals surface area contributed by atoms with Gasteiger partial charge in [0, 0.05) is 6.08 Å². The molecule has 7 heteroatoms. The SMILES string of the molecule is CCOc1ccc(/C=C/C(=O)NNC(=O)[C@H](C)Oc2ccc(F)cc2)cc1. The van der Waals surface area contributed by atoms with Gasteiger partial charge >= 0.3 is 0 Å². The van der Waals surface area contributed by atoms with Crippen molar-refractivity contribution in [1.29, 1.82) is 0 Å². The Labute approximate surface area is 157 Å². The molecule has 1 atom stereocenters. The van der Waals surface area contributed by atoms with Gasteiger partial charge in [0.15, 0.2) is 6.10 Å². The monoisotopic (exact) mass is 372 g/mol. The zero-order chi connectivity index (χ0) is 19.6. The normalized spacial score (nSPS) is 11.7. The number of hydrogen-bond acceptors (Lipinski definition) is 4. The van der Waals surface area contributed by atoms with Crippen molar-refractivity contribution in [3.8, 4) is 11.5 Å². The summed E-state index contributed by atoms with van der Waals surface area (Å²) in [7, 11) is 0. The van der Waals surface area contributed by atoms with E-state index in [1.807, 2.05) is 19.1 Å². The zero-order valence-corrected chi connectivity index (χ0v) is 15.1. The van der Waals surface area contributed by atoms with E-state index >= 15 is 0 Å². The molecule has 0 fully saturated rings. The predicted molar refractivity (Wildman–Crippen MR) is 99.4 cm³/mol. The molecule has 0 bridgehead atoms. The summed E-state index contributed by atoms with van der Waals surface area (Å²) in [6.07, 6.45) is 2.03. The van der Waals surface area contributed by atoms with Crippen molar-refractivity contribution < 1.29 is 23.5 Å². The van der Waals surface area contributed by atoms with Crippen molar-refractivity contribution >= 4 is 17.9 Å². The van der Waals surface area contributed by atoms with Crippen LogP contribution in [0.4, 0.5) is 4.39 Å². The van der Waals surface area contributed by atoms with Gasteiger partial charge in [-0.25, -0.2) is 4.39 Å². The van der Waals surface area contributed by atoms with Crippen LogP contribution in [0.25, 0.3) is 6.08 Å². The lowest BCUT2D eigenvalue weighted by Gasteiger charge is -2.14. The molecule has 0 spiro atoms. The van der Waals surface area contributed by atoms with Gasteiger partial charge in [0.2, 0.25) is 0 Å². The van der Waals surface area contributed by atoms with Gasteiger partial charge in [0.25, 0.3) is 11.8 Å². The third-order valence-corrected chi connectivity index (χ3v) is 3.42. The fourth-order valence-corrected chi connectivity index (χ4v) is 2.05. The highest BCUT2D eigenvalue weighted by Gasteiger charge is 2.14. The number of ether oxygens (including phenoxy) is 2. The van der Waals surface area contributed by atoms with Gasteiger partial charge in [-0.1, -0.05) is 12.1 Å². The van der Waals surface area contributed by atoms with E-state index in [4.69, 9.17) is 9.47 Å². The van der Waals surface area contributed by atoms with Crippen molar-refractivity contribution in [3.63, 3.8) is 0 Å². The molecular formula is C20H21FN2O4. The van der Waals surface area contributed by atoms with Gasteiger partial charge in [-0.3, -0.25) is 20.4 Å². The number of amides is 2. The number of hydrogen-bond donors (Lipinski definition) is 2. The van der Waals surface area contributed by atoms with Crippen molar-refractivity contribution in [1.82, 2.24) is 10.9 Å². The van der Waals surface area contributed by atoms with Crippen LogP contribution in [0, 0.1) is 5.82 Å². The fraction of sp³-hybridized carbons (Fsp3) is 0.200. The van der Waals surface area contributed by atoms with Gasteiger partial charge < -0.3 is 9.47 Å². The highest BCUT2D eigenvalue weighted by atomic mass is 19.1. The van der Waals surface area contributed by atoms with E-state index in [1.54, 1.807) is 18.2 Å².